The number of fused-ring (bicyclic) bond motifs is 2. The summed E-state index contributed by atoms with van der Waals surface area (Å²) in [6, 6.07) is 30.7. The Balaban J connectivity index is 0.000000200. The summed E-state index contributed by atoms with van der Waals surface area (Å²) in [6.45, 7) is 12.4. The van der Waals surface area contributed by atoms with Gasteiger partial charge in [0.1, 0.15) is 20.9 Å². The summed E-state index contributed by atoms with van der Waals surface area (Å²) >= 11 is 27.2. The third-order valence-corrected chi connectivity index (χ3v) is 14.6. The van der Waals surface area contributed by atoms with E-state index in [0.29, 0.717) is 35.1 Å². The fourth-order valence-electron chi connectivity index (χ4n) is 8.36. The summed E-state index contributed by atoms with van der Waals surface area (Å²) in [6.07, 6.45) is 0. The van der Waals surface area contributed by atoms with Crippen LogP contribution in [0, 0.1) is 11.8 Å². The molecular weight excluding hydrogens is 947 g/mol. The standard InChI is InChI=1S/C24H25Cl2N3O2S.C22H20Cl2N2O2S.C2H7NO/c1-14(2)19-20(22(30)28(4)31-5)32-23-27-24(3,16-8-12-18(26)13-9-16)21(29(19)23)15-6-10-17(25)11-7-15;1-12(2)17-18(20(27)28)29-21-25-22(3,14-6-10-16(24)11-7-14)19(26(17)21)13-4-8-15(23)9-5-13;1-3-4-2/h6-14,21H,1-5H3;4-12,19H,1-3H3,(H,27,28);3H,1-2H3. The normalized spacial score (nSPS) is 22.0. The average Bonchev–Trinajstić information content (AvgIpc) is 3.99. The number of nitrogens with zero attached hydrogens (tertiary/aromatic N) is 5. The van der Waals surface area contributed by atoms with Crippen molar-refractivity contribution in [3.8, 4) is 0 Å². The highest BCUT2D eigenvalue weighted by molar-refractivity contribution is 8.18. The summed E-state index contributed by atoms with van der Waals surface area (Å²) in [5.74, 6) is -0.967. The zero-order chi connectivity index (χ0) is 47.5. The van der Waals surface area contributed by atoms with E-state index in [4.69, 9.17) is 61.2 Å². The zero-order valence-corrected chi connectivity index (χ0v) is 42.3. The van der Waals surface area contributed by atoms with Gasteiger partial charge in [0.15, 0.2) is 10.3 Å². The van der Waals surface area contributed by atoms with Gasteiger partial charge < -0.3 is 19.7 Å². The summed E-state index contributed by atoms with van der Waals surface area (Å²) < 4.78 is 0. The molecule has 4 atom stereocenters. The number of carbonyl (C=O) groups excluding carboxylic acids is 1. The fraction of sp³-hybridized carbons (Fsp3) is 0.333. The van der Waals surface area contributed by atoms with Gasteiger partial charge in [-0.15, -0.1) is 0 Å². The molecule has 0 aliphatic carbocycles. The van der Waals surface area contributed by atoms with Gasteiger partial charge >= 0.3 is 5.97 Å². The Labute approximate surface area is 409 Å². The number of allylic oxidation sites excluding steroid dienone is 2. The van der Waals surface area contributed by atoms with Crippen molar-refractivity contribution < 1.29 is 24.4 Å². The van der Waals surface area contributed by atoms with Crippen LogP contribution in [-0.2, 0) is 30.3 Å². The predicted octanol–water partition coefficient (Wildman–Crippen LogP) is 12.3. The maximum absolute atomic E-state index is 13.1. The van der Waals surface area contributed by atoms with Gasteiger partial charge in [0, 0.05) is 45.6 Å². The van der Waals surface area contributed by atoms with Gasteiger partial charge in [-0.2, -0.15) is 0 Å². The average molecular weight is 999 g/mol. The number of nitrogens with one attached hydrogen (secondary N) is 1. The maximum Gasteiger partial charge on any atom is 0.344 e. The molecule has 0 bridgehead atoms. The number of hydrogen-bond acceptors (Lipinski definition) is 11. The number of amidine groups is 2. The number of carbonyl (C=O) groups is 2. The summed E-state index contributed by atoms with van der Waals surface area (Å²) in [7, 11) is 6.38. The van der Waals surface area contributed by atoms with E-state index in [2.05, 4.69) is 47.8 Å². The third-order valence-electron chi connectivity index (χ3n) is 11.5. The van der Waals surface area contributed by atoms with Crippen molar-refractivity contribution in [3.63, 3.8) is 0 Å². The third kappa shape index (κ3) is 10.1. The van der Waals surface area contributed by atoms with E-state index in [1.165, 1.54) is 35.7 Å². The van der Waals surface area contributed by atoms with Crippen LogP contribution in [0.1, 0.15) is 75.9 Å². The van der Waals surface area contributed by atoms with Crippen molar-refractivity contribution in [3.05, 3.63) is 161 Å². The van der Waals surface area contributed by atoms with Crippen LogP contribution < -0.4 is 5.48 Å². The van der Waals surface area contributed by atoms with Gasteiger partial charge in [0.2, 0.25) is 0 Å². The monoisotopic (exact) mass is 996 g/mol. The lowest BCUT2D eigenvalue weighted by molar-refractivity contribution is -0.163. The molecule has 0 spiro atoms. The van der Waals surface area contributed by atoms with E-state index >= 15 is 0 Å². The molecule has 17 heteroatoms. The molecule has 0 aromatic heterocycles. The number of hydrogen-bond donors (Lipinski definition) is 2. The Morgan fingerprint density at radius 1 is 0.662 bits per heavy atom. The van der Waals surface area contributed by atoms with Crippen LogP contribution in [0.15, 0.2) is 128 Å². The molecule has 2 N–H and O–H groups in total. The van der Waals surface area contributed by atoms with Crippen LogP contribution in [-0.4, -0.2) is 70.5 Å². The lowest BCUT2D eigenvalue weighted by Gasteiger charge is -2.37. The number of aliphatic imine (C=N–C) groups is 2. The maximum atomic E-state index is 13.1. The van der Waals surface area contributed by atoms with Crippen LogP contribution in [0.3, 0.4) is 0 Å². The topological polar surface area (TPSA) is 119 Å². The highest BCUT2D eigenvalue weighted by Crippen LogP contribution is 2.58. The number of aliphatic carboxylic acids is 1. The summed E-state index contributed by atoms with van der Waals surface area (Å²) in [5, 5.41) is 15.2. The van der Waals surface area contributed by atoms with E-state index in [-0.39, 0.29) is 29.8 Å². The van der Waals surface area contributed by atoms with Crippen molar-refractivity contribution in [2.45, 2.75) is 64.7 Å². The van der Waals surface area contributed by atoms with E-state index in [1.54, 1.807) is 21.2 Å². The molecule has 0 saturated heterocycles. The van der Waals surface area contributed by atoms with Gasteiger partial charge in [0.25, 0.3) is 5.91 Å². The summed E-state index contributed by atoms with van der Waals surface area (Å²) in [4.78, 5) is 50.0. The molecule has 4 aliphatic heterocycles. The molecule has 4 aliphatic rings. The minimum Gasteiger partial charge on any atom is -0.477 e. The van der Waals surface area contributed by atoms with E-state index in [0.717, 1.165) is 38.8 Å². The molecule has 4 heterocycles. The van der Waals surface area contributed by atoms with Crippen molar-refractivity contribution in [1.29, 1.82) is 0 Å². The molecule has 0 saturated carbocycles. The van der Waals surface area contributed by atoms with Crippen molar-refractivity contribution >= 4 is 92.1 Å². The molecule has 11 nitrogen and oxygen atoms in total. The van der Waals surface area contributed by atoms with E-state index < -0.39 is 17.0 Å². The lowest BCUT2D eigenvalue weighted by Crippen LogP contribution is -2.36. The van der Waals surface area contributed by atoms with Gasteiger partial charge in [-0.25, -0.2) is 25.3 Å². The van der Waals surface area contributed by atoms with Crippen molar-refractivity contribution in [2.75, 3.05) is 28.3 Å². The van der Waals surface area contributed by atoms with Crippen LogP contribution in [0.2, 0.25) is 20.1 Å². The first kappa shape index (κ1) is 50.4. The van der Waals surface area contributed by atoms with Gasteiger partial charge in [-0.05, 0) is 120 Å². The molecule has 0 fully saturated rings. The number of rotatable bonds is 10. The molecule has 4 unspecified atom stereocenters. The van der Waals surface area contributed by atoms with Gasteiger partial charge in [-0.1, -0.05) is 123 Å². The second-order valence-electron chi connectivity index (χ2n) is 16.4. The SMILES string of the molecule is CC(C)C1=C(C(=O)O)SC2=NC(C)(c3ccc(Cl)cc3)C(c3ccc(Cl)cc3)N21.CNOC.CON(C)C(=O)C1=C(C(C)C)N2C(=NC(C)(c3ccc(Cl)cc3)C2c2ccc(Cl)cc2)S1. The molecule has 1 amide bonds. The first-order valence-corrected chi connectivity index (χ1v) is 23.9. The number of benzene rings is 4. The van der Waals surface area contributed by atoms with Crippen LogP contribution in [0.4, 0.5) is 0 Å². The van der Waals surface area contributed by atoms with Gasteiger partial charge in [0.05, 0.1) is 26.3 Å². The molecule has 8 rings (SSSR count). The van der Waals surface area contributed by atoms with Crippen LogP contribution in [0.25, 0.3) is 0 Å². The van der Waals surface area contributed by atoms with E-state index in [1.807, 2.05) is 111 Å². The molecule has 4 aromatic carbocycles. The van der Waals surface area contributed by atoms with Crippen LogP contribution in [0.5, 0.6) is 0 Å². The molecule has 344 valence electrons. The number of likely N-dealkylation sites (N-methyl/N-ethyl adjacent to an activating group) is 1. The molecular formula is C48H52Cl4N6O5S2. The largest absolute Gasteiger partial charge is 0.477 e. The smallest absolute Gasteiger partial charge is 0.344 e. The summed E-state index contributed by atoms with van der Waals surface area (Å²) in [5.41, 5.74) is 7.14. The Morgan fingerprint density at radius 3 is 1.29 bits per heavy atom. The molecule has 65 heavy (non-hydrogen) atoms. The number of carboxylic acid groups (broad SMARTS) is 1. The second kappa shape index (κ2) is 20.9. The molecule has 0 radical (unpaired) electrons. The highest BCUT2D eigenvalue weighted by atomic mass is 35.5. The van der Waals surface area contributed by atoms with Crippen molar-refractivity contribution in [2.24, 2.45) is 21.8 Å². The first-order valence-electron chi connectivity index (χ1n) is 20.7. The minimum atomic E-state index is -0.918. The number of amides is 1. The Kier molecular flexibility index (Phi) is 16.2. The number of hydroxylamine groups is 3. The van der Waals surface area contributed by atoms with Crippen LogP contribution >= 0.6 is 69.9 Å². The minimum absolute atomic E-state index is 0.0312. The number of carboxylic acids is 1. The Morgan fingerprint density at radius 2 is 0.985 bits per heavy atom. The van der Waals surface area contributed by atoms with Crippen molar-refractivity contribution in [1.82, 2.24) is 20.3 Å². The number of halogens is 4. The highest BCUT2D eigenvalue weighted by Gasteiger charge is 2.55. The second-order valence-corrected chi connectivity index (χ2v) is 20.1. The van der Waals surface area contributed by atoms with Gasteiger partial charge in [-0.3, -0.25) is 9.63 Å². The fourth-order valence-corrected chi connectivity index (χ4v) is 11.5. The first-order chi connectivity index (χ1) is 30.8. The predicted molar refractivity (Wildman–Crippen MR) is 267 cm³/mol. The molecule has 4 aromatic rings. The van der Waals surface area contributed by atoms with E-state index in [9.17, 15) is 14.7 Å². The Hall–Kier alpha value is -4.02. The zero-order valence-electron chi connectivity index (χ0n) is 37.7. The number of thioether (sulfide) groups is 2. The Bertz CT molecular complexity index is 2520. The lowest BCUT2D eigenvalue weighted by atomic mass is 9.81. The quantitative estimate of drug-likeness (QED) is 0.149.